The van der Waals surface area contributed by atoms with Crippen LogP contribution in [0, 0.1) is 0 Å². The Hall–Kier alpha value is -1.65. The minimum atomic E-state index is -0.131. The summed E-state index contributed by atoms with van der Waals surface area (Å²) in [7, 11) is 1.91. The molecule has 0 aromatic carbocycles. The van der Waals surface area contributed by atoms with Gasteiger partial charge >= 0.3 is 0 Å². The molecule has 0 fully saturated rings. The molecule has 1 unspecified atom stereocenters. The van der Waals surface area contributed by atoms with Crippen LogP contribution in [-0.4, -0.2) is 35.5 Å². The molecule has 1 amide bonds. The Morgan fingerprint density at radius 1 is 1.44 bits per heavy atom. The lowest BCUT2D eigenvalue weighted by molar-refractivity contribution is -0.119. The van der Waals surface area contributed by atoms with Crippen molar-refractivity contribution < 1.29 is 4.79 Å². The predicted molar refractivity (Wildman–Crippen MR) is 60.6 cm³/mol. The molecule has 0 N–H and O–H groups in total. The molecule has 84 valence electrons. The second kappa shape index (κ2) is 3.17. The molecule has 5 heteroatoms. The molecule has 0 bridgehead atoms. The molecule has 0 radical (unpaired) electrons. The van der Waals surface area contributed by atoms with Gasteiger partial charge in [-0.05, 0) is 19.8 Å². The van der Waals surface area contributed by atoms with Crippen molar-refractivity contribution in [3.63, 3.8) is 0 Å². The van der Waals surface area contributed by atoms with E-state index in [1.165, 1.54) is 0 Å². The topological polar surface area (TPSA) is 49.3 Å². The van der Waals surface area contributed by atoms with Crippen molar-refractivity contribution >= 4 is 17.4 Å². The number of likely N-dealkylation sites (N-methyl/N-ethyl adjacent to an activating group) is 1. The number of anilines is 2. The summed E-state index contributed by atoms with van der Waals surface area (Å²) in [5.41, 5.74) is 1.93. The normalized spacial score (nSPS) is 23.4. The fourth-order valence-corrected chi connectivity index (χ4v) is 2.43. The molecule has 0 saturated heterocycles. The molecule has 3 rings (SSSR count). The smallest absolute Gasteiger partial charge is 0.249 e. The highest BCUT2D eigenvalue weighted by Crippen LogP contribution is 2.37. The van der Waals surface area contributed by atoms with E-state index in [0.29, 0.717) is 0 Å². The van der Waals surface area contributed by atoms with Crippen LogP contribution in [0.2, 0.25) is 0 Å². The minimum absolute atomic E-state index is 0.131. The first-order valence-electron chi connectivity index (χ1n) is 5.58. The van der Waals surface area contributed by atoms with E-state index in [1.807, 2.05) is 23.8 Å². The van der Waals surface area contributed by atoms with Gasteiger partial charge in [-0.3, -0.25) is 4.79 Å². The van der Waals surface area contributed by atoms with Crippen molar-refractivity contribution in [2.24, 2.45) is 0 Å². The van der Waals surface area contributed by atoms with Crippen molar-refractivity contribution in [2.75, 3.05) is 23.4 Å². The Bertz CT molecular complexity index is 459. The van der Waals surface area contributed by atoms with E-state index in [-0.39, 0.29) is 11.9 Å². The van der Waals surface area contributed by atoms with E-state index in [1.54, 1.807) is 6.33 Å². The lowest BCUT2D eigenvalue weighted by Crippen LogP contribution is -2.52. The molecule has 0 spiro atoms. The average Bonchev–Trinajstić information content (AvgIpc) is 2.33. The molecule has 1 aromatic heterocycles. The number of nitrogens with zero attached hydrogens (tertiary/aromatic N) is 4. The van der Waals surface area contributed by atoms with E-state index >= 15 is 0 Å². The van der Waals surface area contributed by atoms with Crippen LogP contribution >= 0.6 is 0 Å². The quantitative estimate of drug-likeness (QED) is 0.639. The van der Waals surface area contributed by atoms with E-state index in [4.69, 9.17) is 0 Å². The Labute approximate surface area is 94.1 Å². The fourth-order valence-electron chi connectivity index (χ4n) is 2.43. The Morgan fingerprint density at radius 3 is 3.06 bits per heavy atom. The highest BCUT2D eigenvalue weighted by atomic mass is 16.2. The van der Waals surface area contributed by atoms with Crippen molar-refractivity contribution in [3.8, 4) is 0 Å². The number of hydrogen-bond acceptors (Lipinski definition) is 4. The highest BCUT2D eigenvalue weighted by Gasteiger charge is 2.37. The van der Waals surface area contributed by atoms with Crippen LogP contribution < -0.4 is 9.80 Å². The van der Waals surface area contributed by atoms with Gasteiger partial charge in [0.25, 0.3) is 0 Å². The van der Waals surface area contributed by atoms with Crippen LogP contribution in [0.15, 0.2) is 6.33 Å². The van der Waals surface area contributed by atoms with E-state index in [2.05, 4.69) is 9.97 Å². The maximum atomic E-state index is 12.1. The number of rotatable bonds is 0. The highest BCUT2D eigenvalue weighted by molar-refractivity contribution is 6.05. The summed E-state index contributed by atoms with van der Waals surface area (Å²) >= 11 is 0. The molecular formula is C11H14N4O. The maximum absolute atomic E-state index is 12.1. The zero-order valence-electron chi connectivity index (χ0n) is 9.47. The summed E-state index contributed by atoms with van der Waals surface area (Å²) < 4.78 is 0. The number of hydrogen-bond donors (Lipinski definition) is 0. The molecule has 16 heavy (non-hydrogen) atoms. The van der Waals surface area contributed by atoms with Gasteiger partial charge in [-0.25, -0.2) is 9.97 Å². The van der Waals surface area contributed by atoms with Gasteiger partial charge in [0.05, 0.1) is 5.69 Å². The zero-order chi connectivity index (χ0) is 11.3. The van der Waals surface area contributed by atoms with Gasteiger partial charge in [0.1, 0.15) is 18.1 Å². The van der Waals surface area contributed by atoms with Gasteiger partial charge in [-0.15, -0.1) is 0 Å². The first kappa shape index (κ1) is 9.57. The molecule has 1 atom stereocenters. The summed E-state index contributed by atoms with van der Waals surface area (Å²) in [5.74, 6) is 1.04. The summed E-state index contributed by atoms with van der Waals surface area (Å²) in [6.07, 6.45) is 3.53. The van der Waals surface area contributed by atoms with Crippen LogP contribution in [0.5, 0.6) is 0 Å². The third kappa shape index (κ3) is 1.08. The lowest BCUT2D eigenvalue weighted by atomic mass is 10.0. The molecule has 3 heterocycles. The van der Waals surface area contributed by atoms with Crippen molar-refractivity contribution in [1.29, 1.82) is 0 Å². The Kier molecular flexibility index (Phi) is 1.89. The lowest BCUT2D eigenvalue weighted by Gasteiger charge is -2.41. The third-order valence-corrected chi connectivity index (χ3v) is 3.48. The van der Waals surface area contributed by atoms with E-state index < -0.39 is 0 Å². The van der Waals surface area contributed by atoms with Crippen LogP contribution in [0.4, 0.5) is 11.5 Å². The third-order valence-electron chi connectivity index (χ3n) is 3.48. The first-order chi connectivity index (χ1) is 7.70. The van der Waals surface area contributed by atoms with Crippen molar-refractivity contribution in [2.45, 2.75) is 25.8 Å². The molecule has 2 aliphatic heterocycles. The second-order valence-electron chi connectivity index (χ2n) is 4.37. The van der Waals surface area contributed by atoms with Crippen LogP contribution in [-0.2, 0) is 11.2 Å². The van der Waals surface area contributed by atoms with Crippen LogP contribution in [0.25, 0.3) is 0 Å². The number of carbonyl (C=O) groups is 1. The molecule has 0 saturated carbocycles. The average molecular weight is 218 g/mol. The maximum Gasteiger partial charge on any atom is 0.249 e. The van der Waals surface area contributed by atoms with Gasteiger partial charge in [0.2, 0.25) is 5.91 Å². The largest absolute Gasteiger partial charge is 0.346 e. The molecule has 0 aliphatic carbocycles. The Morgan fingerprint density at radius 2 is 2.25 bits per heavy atom. The van der Waals surface area contributed by atoms with Crippen LogP contribution in [0.3, 0.4) is 0 Å². The van der Waals surface area contributed by atoms with Crippen LogP contribution in [0.1, 0.15) is 19.0 Å². The number of aromatic nitrogens is 2. The van der Waals surface area contributed by atoms with Gasteiger partial charge < -0.3 is 9.80 Å². The van der Waals surface area contributed by atoms with Gasteiger partial charge in [0, 0.05) is 13.6 Å². The monoisotopic (exact) mass is 218 g/mol. The van der Waals surface area contributed by atoms with Gasteiger partial charge in [-0.1, -0.05) is 0 Å². The first-order valence-corrected chi connectivity index (χ1v) is 5.58. The number of amides is 1. The molecule has 2 aliphatic rings. The summed E-state index contributed by atoms with van der Waals surface area (Å²) in [6, 6.07) is -0.131. The van der Waals surface area contributed by atoms with E-state index in [9.17, 15) is 4.79 Å². The van der Waals surface area contributed by atoms with Gasteiger partial charge in [0.15, 0.2) is 5.82 Å². The minimum Gasteiger partial charge on any atom is -0.346 e. The summed E-state index contributed by atoms with van der Waals surface area (Å²) in [6.45, 7) is 2.71. The molecular weight excluding hydrogens is 204 g/mol. The summed E-state index contributed by atoms with van der Waals surface area (Å²) in [4.78, 5) is 24.5. The molecule has 5 nitrogen and oxygen atoms in total. The number of aryl methyl sites for hydroxylation is 1. The summed E-state index contributed by atoms with van der Waals surface area (Å²) in [5, 5.41) is 0. The van der Waals surface area contributed by atoms with Crippen molar-refractivity contribution in [3.05, 3.63) is 12.0 Å². The SMILES string of the molecule is CC1C(=O)N2CCCc3ncnc(c32)N1C. The van der Waals surface area contributed by atoms with E-state index in [0.717, 1.165) is 36.6 Å². The predicted octanol–water partition coefficient (Wildman–Crippen LogP) is 0.594. The second-order valence-corrected chi connectivity index (χ2v) is 4.37. The standard InChI is InChI=1S/C11H14N4O/c1-7-11(16)15-5-3-4-8-9(15)10(14(7)2)13-6-12-8/h6-7H,3-5H2,1-2H3. The Balaban J connectivity index is 2.24. The zero-order valence-corrected chi connectivity index (χ0v) is 9.47. The van der Waals surface area contributed by atoms with Crippen molar-refractivity contribution in [1.82, 2.24) is 9.97 Å². The molecule has 1 aromatic rings. The fraction of sp³-hybridized carbons (Fsp3) is 0.545. The van der Waals surface area contributed by atoms with Gasteiger partial charge in [-0.2, -0.15) is 0 Å². The number of carbonyl (C=O) groups excluding carboxylic acids is 1.